The molecule has 2 aliphatic rings. The molecule has 1 saturated carbocycles. The molecule has 0 radical (unpaired) electrons. The van der Waals surface area contributed by atoms with E-state index in [-0.39, 0.29) is 5.82 Å². The van der Waals surface area contributed by atoms with Crippen molar-refractivity contribution in [3.8, 4) is 6.07 Å². The third-order valence-electron chi connectivity index (χ3n) is 4.43. The van der Waals surface area contributed by atoms with Crippen LogP contribution in [0.15, 0.2) is 18.2 Å². The lowest BCUT2D eigenvalue weighted by atomic mass is 9.98. The minimum Gasteiger partial charge on any atom is -0.316 e. The van der Waals surface area contributed by atoms with Gasteiger partial charge in [0.05, 0.1) is 11.6 Å². The highest BCUT2D eigenvalue weighted by Gasteiger charge is 2.31. The Morgan fingerprint density at radius 2 is 2.14 bits per heavy atom. The van der Waals surface area contributed by atoms with Gasteiger partial charge in [-0.05, 0) is 68.5 Å². The molecule has 0 amide bonds. The van der Waals surface area contributed by atoms with Gasteiger partial charge in [0.1, 0.15) is 5.82 Å². The number of rotatable bonds is 5. The largest absolute Gasteiger partial charge is 0.316 e. The Morgan fingerprint density at radius 3 is 2.81 bits per heavy atom. The molecule has 0 aromatic heterocycles. The Morgan fingerprint density at radius 1 is 1.29 bits per heavy atom. The zero-order valence-electron chi connectivity index (χ0n) is 12.3. The lowest BCUT2D eigenvalue weighted by molar-refractivity contribution is 0.192. The first kappa shape index (κ1) is 14.5. The van der Waals surface area contributed by atoms with Gasteiger partial charge in [-0.15, -0.1) is 0 Å². The zero-order valence-corrected chi connectivity index (χ0v) is 12.3. The molecule has 3 rings (SSSR count). The van der Waals surface area contributed by atoms with Crippen LogP contribution in [-0.2, 0) is 6.54 Å². The van der Waals surface area contributed by atoms with E-state index in [4.69, 9.17) is 5.26 Å². The van der Waals surface area contributed by atoms with Gasteiger partial charge in [0.25, 0.3) is 0 Å². The Labute approximate surface area is 125 Å². The maximum atomic E-state index is 13.6. The fourth-order valence-corrected chi connectivity index (χ4v) is 3.23. The molecule has 1 aliphatic carbocycles. The van der Waals surface area contributed by atoms with Crippen molar-refractivity contribution < 1.29 is 4.39 Å². The van der Waals surface area contributed by atoms with Gasteiger partial charge in [-0.2, -0.15) is 5.26 Å². The minimum absolute atomic E-state index is 0.306. The molecule has 1 aliphatic heterocycles. The number of halogens is 1. The molecule has 112 valence electrons. The highest BCUT2D eigenvalue weighted by molar-refractivity contribution is 5.33. The average molecular weight is 287 g/mol. The standard InChI is InChI=1S/C17H22FN3/c18-16-7-14(9-19)6-15(8-16)12-21(17-3-4-17)11-13-2-1-5-20-10-13/h6-8,13,17,20H,1-5,10-12H2. The first-order valence-electron chi connectivity index (χ1n) is 7.89. The molecular weight excluding hydrogens is 265 g/mol. The molecular formula is C17H22FN3. The molecule has 1 atom stereocenters. The van der Waals surface area contributed by atoms with Crippen molar-refractivity contribution >= 4 is 0 Å². The maximum absolute atomic E-state index is 13.6. The molecule has 1 unspecified atom stereocenters. The van der Waals surface area contributed by atoms with E-state index in [2.05, 4.69) is 10.2 Å². The summed E-state index contributed by atoms with van der Waals surface area (Å²) in [5, 5.41) is 12.4. The van der Waals surface area contributed by atoms with Crippen LogP contribution in [0, 0.1) is 23.1 Å². The molecule has 21 heavy (non-hydrogen) atoms. The fourth-order valence-electron chi connectivity index (χ4n) is 3.23. The highest BCUT2D eigenvalue weighted by Crippen LogP contribution is 2.30. The van der Waals surface area contributed by atoms with Crippen molar-refractivity contribution in [1.82, 2.24) is 10.2 Å². The van der Waals surface area contributed by atoms with Crippen molar-refractivity contribution in [2.75, 3.05) is 19.6 Å². The minimum atomic E-state index is -0.306. The van der Waals surface area contributed by atoms with E-state index in [9.17, 15) is 4.39 Å². The van der Waals surface area contributed by atoms with Crippen LogP contribution in [-0.4, -0.2) is 30.6 Å². The third-order valence-corrected chi connectivity index (χ3v) is 4.43. The number of nitriles is 1. The number of benzene rings is 1. The normalized spacial score (nSPS) is 22.2. The lowest BCUT2D eigenvalue weighted by Crippen LogP contribution is -2.39. The van der Waals surface area contributed by atoms with Gasteiger partial charge in [-0.3, -0.25) is 4.90 Å². The summed E-state index contributed by atoms with van der Waals surface area (Å²) in [6, 6.07) is 7.38. The number of hydrogen-bond donors (Lipinski definition) is 1. The van der Waals surface area contributed by atoms with Gasteiger partial charge in [0, 0.05) is 19.1 Å². The van der Waals surface area contributed by atoms with E-state index in [0.717, 1.165) is 31.7 Å². The van der Waals surface area contributed by atoms with Gasteiger partial charge < -0.3 is 5.32 Å². The van der Waals surface area contributed by atoms with E-state index >= 15 is 0 Å². The summed E-state index contributed by atoms with van der Waals surface area (Å²) in [6.07, 6.45) is 5.03. The Hall–Kier alpha value is -1.44. The first-order valence-corrected chi connectivity index (χ1v) is 7.89. The molecule has 1 saturated heterocycles. The van der Waals surface area contributed by atoms with Gasteiger partial charge in [-0.1, -0.05) is 0 Å². The first-order chi connectivity index (χ1) is 10.2. The summed E-state index contributed by atoms with van der Waals surface area (Å²) < 4.78 is 13.6. The summed E-state index contributed by atoms with van der Waals surface area (Å²) in [6.45, 7) is 4.06. The van der Waals surface area contributed by atoms with Crippen molar-refractivity contribution in [3.63, 3.8) is 0 Å². The SMILES string of the molecule is N#Cc1cc(F)cc(CN(CC2CCCNC2)C2CC2)c1. The summed E-state index contributed by atoms with van der Waals surface area (Å²) >= 11 is 0. The topological polar surface area (TPSA) is 39.1 Å². The van der Waals surface area contributed by atoms with E-state index in [1.807, 2.05) is 12.1 Å². The van der Waals surface area contributed by atoms with Crippen LogP contribution in [0.3, 0.4) is 0 Å². The molecule has 1 aromatic rings. The molecule has 1 N–H and O–H groups in total. The summed E-state index contributed by atoms with van der Waals surface area (Å²) in [4.78, 5) is 2.48. The Bertz CT molecular complexity index is 527. The summed E-state index contributed by atoms with van der Waals surface area (Å²) in [7, 11) is 0. The molecule has 2 fully saturated rings. The van der Waals surface area contributed by atoms with Crippen LogP contribution >= 0.6 is 0 Å². The maximum Gasteiger partial charge on any atom is 0.124 e. The monoisotopic (exact) mass is 287 g/mol. The Balaban J connectivity index is 1.67. The van der Waals surface area contributed by atoms with Crippen LogP contribution in [0.25, 0.3) is 0 Å². The quantitative estimate of drug-likeness (QED) is 0.905. The van der Waals surface area contributed by atoms with Crippen molar-refractivity contribution in [3.05, 3.63) is 35.1 Å². The predicted octanol–water partition coefficient (Wildman–Crippen LogP) is 2.66. The molecule has 0 bridgehead atoms. The van der Waals surface area contributed by atoms with Gasteiger partial charge >= 0.3 is 0 Å². The number of piperidine rings is 1. The van der Waals surface area contributed by atoms with E-state index in [1.165, 1.54) is 31.7 Å². The Kier molecular flexibility index (Phi) is 4.52. The van der Waals surface area contributed by atoms with Crippen LogP contribution in [0.4, 0.5) is 4.39 Å². The van der Waals surface area contributed by atoms with Crippen LogP contribution in [0.5, 0.6) is 0 Å². The predicted molar refractivity (Wildman–Crippen MR) is 80.1 cm³/mol. The molecule has 4 heteroatoms. The van der Waals surface area contributed by atoms with Crippen molar-refractivity contribution in [2.45, 2.75) is 38.3 Å². The van der Waals surface area contributed by atoms with Gasteiger partial charge in [-0.25, -0.2) is 4.39 Å². The molecule has 1 aromatic carbocycles. The highest BCUT2D eigenvalue weighted by atomic mass is 19.1. The zero-order chi connectivity index (χ0) is 14.7. The van der Waals surface area contributed by atoms with Crippen LogP contribution in [0.1, 0.15) is 36.8 Å². The van der Waals surface area contributed by atoms with Crippen molar-refractivity contribution in [1.29, 1.82) is 5.26 Å². The lowest BCUT2D eigenvalue weighted by Gasteiger charge is -2.30. The average Bonchev–Trinajstić information content (AvgIpc) is 3.31. The van der Waals surface area contributed by atoms with Crippen LogP contribution in [0.2, 0.25) is 0 Å². The second-order valence-corrected chi connectivity index (χ2v) is 6.33. The molecule has 3 nitrogen and oxygen atoms in total. The second kappa shape index (κ2) is 6.55. The second-order valence-electron chi connectivity index (χ2n) is 6.33. The fraction of sp³-hybridized carbons (Fsp3) is 0.588. The molecule has 0 spiro atoms. The molecule has 1 heterocycles. The number of hydrogen-bond acceptors (Lipinski definition) is 3. The number of nitrogens with zero attached hydrogens (tertiary/aromatic N) is 2. The van der Waals surface area contributed by atoms with Gasteiger partial charge in [0.2, 0.25) is 0 Å². The summed E-state index contributed by atoms with van der Waals surface area (Å²) in [5.41, 5.74) is 1.34. The van der Waals surface area contributed by atoms with Gasteiger partial charge in [0.15, 0.2) is 0 Å². The number of nitrogens with one attached hydrogen (secondary N) is 1. The third kappa shape index (κ3) is 4.03. The van der Waals surface area contributed by atoms with Crippen molar-refractivity contribution in [2.24, 2.45) is 5.92 Å². The van der Waals surface area contributed by atoms with E-state index < -0.39 is 0 Å². The smallest absolute Gasteiger partial charge is 0.124 e. The van der Waals surface area contributed by atoms with E-state index in [1.54, 1.807) is 6.07 Å². The summed E-state index contributed by atoms with van der Waals surface area (Å²) in [5.74, 6) is 0.391. The van der Waals surface area contributed by atoms with Crippen LogP contribution < -0.4 is 5.32 Å². The van der Waals surface area contributed by atoms with E-state index in [0.29, 0.717) is 17.5 Å².